The molecule has 4 aliphatic carbocycles. The molecule has 5 rings (SSSR count). The number of hydrogen-bond acceptors (Lipinski definition) is 2. The Morgan fingerprint density at radius 3 is 2.00 bits per heavy atom. The van der Waals surface area contributed by atoms with Gasteiger partial charge in [-0.3, -0.25) is 4.79 Å². The third-order valence-corrected chi connectivity index (χ3v) is 6.47. The third kappa shape index (κ3) is 1.71. The van der Waals surface area contributed by atoms with Crippen molar-refractivity contribution in [3.05, 3.63) is 0 Å². The summed E-state index contributed by atoms with van der Waals surface area (Å²) >= 11 is 0. The number of rotatable bonds is 1. The number of likely N-dealkylation sites (tertiary alicyclic amines) is 1. The maximum Gasteiger partial charge on any atom is 0.228 e. The van der Waals surface area contributed by atoms with Crippen LogP contribution in [0.1, 0.15) is 59.3 Å². The van der Waals surface area contributed by atoms with Gasteiger partial charge in [0, 0.05) is 18.6 Å². The molecule has 112 valence electrons. The topological polar surface area (TPSA) is 46.3 Å². The Labute approximate surface area is 122 Å². The van der Waals surface area contributed by atoms with Gasteiger partial charge in [-0.25, -0.2) is 0 Å². The van der Waals surface area contributed by atoms with E-state index in [0.717, 1.165) is 38.3 Å². The van der Waals surface area contributed by atoms with E-state index in [2.05, 4.69) is 20.8 Å². The molecule has 0 aromatic carbocycles. The highest BCUT2D eigenvalue weighted by Crippen LogP contribution is 2.70. The van der Waals surface area contributed by atoms with Gasteiger partial charge in [-0.1, -0.05) is 13.8 Å². The van der Waals surface area contributed by atoms with Crippen LogP contribution in [0, 0.1) is 22.2 Å². The minimum atomic E-state index is -0.147. The van der Waals surface area contributed by atoms with Gasteiger partial charge in [0.15, 0.2) is 0 Å². The van der Waals surface area contributed by atoms with Crippen LogP contribution in [-0.4, -0.2) is 29.4 Å². The number of carbonyl (C=O) groups excluding carboxylic acids is 1. The first-order valence-electron chi connectivity index (χ1n) is 8.21. The molecule has 3 heteroatoms. The van der Waals surface area contributed by atoms with E-state index in [1.807, 2.05) is 4.90 Å². The number of amides is 1. The van der Waals surface area contributed by atoms with E-state index in [1.54, 1.807) is 0 Å². The van der Waals surface area contributed by atoms with Crippen molar-refractivity contribution < 1.29 is 4.79 Å². The van der Waals surface area contributed by atoms with Gasteiger partial charge in [-0.2, -0.15) is 0 Å². The minimum Gasteiger partial charge on any atom is -0.338 e. The van der Waals surface area contributed by atoms with Gasteiger partial charge < -0.3 is 10.6 Å². The minimum absolute atomic E-state index is 0.0422. The molecule has 0 aromatic rings. The molecule has 3 nitrogen and oxygen atoms in total. The lowest BCUT2D eigenvalue weighted by Gasteiger charge is -2.66. The highest BCUT2D eigenvalue weighted by molar-refractivity contribution is 5.84. The van der Waals surface area contributed by atoms with Crippen molar-refractivity contribution in [1.82, 2.24) is 4.90 Å². The molecule has 0 spiro atoms. The first-order valence-corrected chi connectivity index (χ1v) is 8.21. The number of nitrogens with zero attached hydrogens (tertiary/aromatic N) is 1. The molecule has 1 aliphatic heterocycles. The van der Waals surface area contributed by atoms with Gasteiger partial charge in [0.1, 0.15) is 0 Å². The van der Waals surface area contributed by atoms with E-state index < -0.39 is 0 Å². The highest BCUT2D eigenvalue weighted by atomic mass is 16.2. The first kappa shape index (κ1) is 13.1. The molecule has 1 heterocycles. The normalized spacial score (nSPS) is 52.0. The summed E-state index contributed by atoms with van der Waals surface area (Å²) in [5, 5.41) is 0. The van der Waals surface area contributed by atoms with Gasteiger partial charge in [-0.15, -0.1) is 0 Å². The second kappa shape index (κ2) is 3.43. The zero-order valence-electron chi connectivity index (χ0n) is 13.2. The fourth-order valence-corrected chi connectivity index (χ4v) is 6.99. The fourth-order valence-electron chi connectivity index (χ4n) is 6.99. The lowest BCUT2D eigenvalue weighted by molar-refractivity contribution is -0.185. The number of hydrogen-bond donors (Lipinski definition) is 1. The summed E-state index contributed by atoms with van der Waals surface area (Å²) in [4.78, 5) is 15.2. The van der Waals surface area contributed by atoms with Gasteiger partial charge >= 0.3 is 0 Å². The van der Waals surface area contributed by atoms with Crippen molar-refractivity contribution in [3.63, 3.8) is 0 Å². The zero-order valence-corrected chi connectivity index (χ0v) is 13.2. The van der Waals surface area contributed by atoms with Crippen molar-refractivity contribution >= 4 is 5.91 Å². The fraction of sp³-hybridized carbons (Fsp3) is 0.941. The molecule has 2 N–H and O–H groups in total. The average molecular weight is 276 g/mol. The smallest absolute Gasteiger partial charge is 0.228 e. The monoisotopic (exact) mass is 276 g/mol. The molecular weight excluding hydrogens is 248 g/mol. The second-order valence-corrected chi connectivity index (χ2v) is 9.73. The van der Waals surface area contributed by atoms with Gasteiger partial charge in [0.05, 0.1) is 5.41 Å². The van der Waals surface area contributed by atoms with Crippen LogP contribution in [0.4, 0.5) is 0 Å². The summed E-state index contributed by atoms with van der Waals surface area (Å²) < 4.78 is 0. The van der Waals surface area contributed by atoms with Crippen molar-refractivity contribution in [3.8, 4) is 0 Å². The van der Waals surface area contributed by atoms with E-state index in [4.69, 9.17) is 5.73 Å². The van der Waals surface area contributed by atoms with Crippen molar-refractivity contribution in [2.45, 2.75) is 64.8 Å². The van der Waals surface area contributed by atoms with Crippen molar-refractivity contribution in [2.75, 3.05) is 13.1 Å². The average Bonchev–Trinajstić information content (AvgIpc) is 2.19. The largest absolute Gasteiger partial charge is 0.338 e. The lowest BCUT2D eigenvalue weighted by Crippen LogP contribution is -2.70. The molecule has 4 bridgehead atoms. The van der Waals surface area contributed by atoms with Gasteiger partial charge in [0.2, 0.25) is 5.91 Å². The summed E-state index contributed by atoms with van der Waals surface area (Å²) in [6.07, 6.45) is 7.44. The summed E-state index contributed by atoms with van der Waals surface area (Å²) in [5.41, 5.74) is 6.74. The summed E-state index contributed by atoms with van der Waals surface area (Å²) in [6, 6.07) is 0. The SMILES string of the molecule is CC1(N)CN(C(=O)C23CC4CC(C)(CC(C)(C4)C2)C3)C1. The predicted octanol–water partition coefficient (Wildman–Crippen LogP) is 2.54. The van der Waals surface area contributed by atoms with E-state index >= 15 is 0 Å². The standard InChI is InChI=1S/C17H28N2O/c1-14-4-12-5-15(2,7-14)9-17(6-12,8-14)13(20)19-10-16(3,18)11-19/h12H,4-11,18H2,1-3H3. The molecule has 0 aromatic heterocycles. The molecule has 1 amide bonds. The Hall–Kier alpha value is -0.570. The number of nitrogens with two attached hydrogens (primary N) is 1. The predicted molar refractivity (Wildman–Crippen MR) is 79.0 cm³/mol. The Morgan fingerprint density at radius 1 is 1.00 bits per heavy atom. The summed E-state index contributed by atoms with van der Waals surface area (Å²) in [6.45, 7) is 8.43. The van der Waals surface area contributed by atoms with Crippen LogP contribution in [0.5, 0.6) is 0 Å². The van der Waals surface area contributed by atoms with Crippen LogP contribution < -0.4 is 5.73 Å². The Kier molecular flexibility index (Phi) is 2.25. The molecule has 5 fully saturated rings. The van der Waals surface area contributed by atoms with Crippen LogP contribution in [0.3, 0.4) is 0 Å². The van der Waals surface area contributed by atoms with Crippen molar-refractivity contribution in [1.29, 1.82) is 0 Å². The van der Waals surface area contributed by atoms with E-state index in [1.165, 1.54) is 19.3 Å². The molecule has 20 heavy (non-hydrogen) atoms. The summed E-state index contributed by atoms with van der Waals surface area (Å²) in [7, 11) is 0. The molecule has 5 aliphatic rings. The van der Waals surface area contributed by atoms with E-state index in [0.29, 0.717) is 16.7 Å². The molecule has 2 unspecified atom stereocenters. The Bertz CT molecular complexity index is 457. The zero-order chi connectivity index (χ0) is 14.4. The van der Waals surface area contributed by atoms with Gasteiger partial charge in [0.25, 0.3) is 0 Å². The second-order valence-electron chi connectivity index (χ2n) is 9.73. The van der Waals surface area contributed by atoms with Crippen molar-refractivity contribution in [2.24, 2.45) is 27.9 Å². The highest BCUT2D eigenvalue weighted by Gasteiger charge is 2.64. The van der Waals surface area contributed by atoms with Crippen LogP contribution in [0.15, 0.2) is 0 Å². The Balaban J connectivity index is 1.63. The maximum absolute atomic E-state index is 13.1. The lowest BCUT2D eigenvalue weighted by atomic mass is 9.40. The van der Waals surface area contributed by atoms with Crippen LogP contribution in [0.25, 0.3) is 0 Å². The maximum atomic E-state index is 13.1. The van der Waals surface area contributed by atoms with Gasteiger partial charge in [-0.05, 0) is 62.2 Å². The van der Waals surface area contributed by atoms with E-state index in [9.17, 15) is 4.79 Å². The molecule has 4 saturated carbocycles. The van der Waals surface area contributed by atoms with Crippen LogP contribution in [0.2, 0.25) is 0 Å². The molecule has 1 saturated heterocycles. The molecule has 2 atom stereocenters. The first-order chi connectivity index (χ1) is 9.13. The van der Waals surface area contributed by atoms with Crippen LogP contribution in [-0.2, 0) is 4.79 Å². The third-order valence-electron chi connectivity index (χ3n) is 6.47. The Morgan fingerprint density at radius 2 is 1.55 bits per heavy atom. The summed E-state index contributed by atoms with van der Waals surface area (Å²) in [5.74, 6) is 1.22. The number of carbonyl (C=O) groups is 1. The van der Waals surface area contributed by atoms with Crippen LogP contribution >= 0.6 is 0 Å². The van der Waals surface area contributed by atoms with E-state index in [-0.39, 0.29) is 11.0 Å². The molecular formula is C17H28N2O. The quantitative estimate of drug-likeness (QED) is 0.800. The molecule has 0 radical (unpaired) electrons.